The van der Waals surface area contributed by atoms with Gasteiger partial charge in [-0.1, -0.05) is 54.6 Å². The van der Waals surface area contributed by atoms with E-state index in [4.69, 9.17) is 29.1 Å². The molecule has 0 saturated carbocycles. The van der Waals surface area contributed by atoms with Crippen LogP contribution in [0.5, 0.6) is 0 Å². The number of rotatable bonds is 4. The summed E-state index contributed by atoms with van der Waals surface area (Å²) in [6.07, 6.45) is 1.14. The van der Waals surface area contributed by atoms with Crippen LogP contribution in [0.3, 0.4) is 0 Å². The van der Waals surface area contributed by atoms with Crippen molar-refractivity contribution in [2.24, 2.45) is 0 Å². The van der Waals surface area contributed by atoms with Gasteiger partial charge in [-0.3, -0.25) is 0 Å². The average molecular weight is 463 g/mol. The Hall–Kier alpha value is -0.417. The Morgan fingerprint density at radius 2 is 0.840 bits per heavy atom. The van der Waals surface area contributed by atoms with Crippen molar-refractivity contribution in [2.75, 3.05) is 6.16 Å². The third-order valence-electron chi connectivity index (χ3n) is 4.07. The summed E-state index contributed by atoms with van der Waals surface area (Å²) in [5, 5.41) is 4.39. The molecular weight excluding hydrogens is 443 g/mol. The fraction of sp³-hybridized carbons (Fsp3) is 0.100. The summed E-state index contributed by atoms with van der Waals surface area (Å²) >= 11 is -2.21. The molecule has 3 aromatic carbocycles. The molecule has 0 radical (unpaired) electrons. The molecule has 3 rings (SSSR count). The Labute approximate surface area is 168 Å². The van der Waals surface area contributed by atoms with Crippen molar-refractivity contribution in [3.05, 3.63) is 91.0 Å². The maximum atomic E-state index is 5.01. The summed E-state index contributed by atoms with van der Waals surface area (Å²) in [6.45, 7) is 2.32. The maximum absolute atomic E-state index is 5.01. The second-order valence-electron chi connectivity index (χ2n) is 5.44. The molecule has 0 nitrogen and oxygen atoms in total. The third-order valence-corrected chi connectivity index (χ3v) is 8.55. The van der Waals surface area contributed by atoms with Gasteiger partial charge in [0.2, 0.25) is 0 Å². The van der Waals surface area contributed by atoms with Crippen LogP contribution in [-0.4, -0.2) is 6.16 Å². The molecule has 0 aromatic heterocycles. The van der Waals surface area contributed by atoms with Gasteiger partial charge >= 0.3 is 42.1 Å². The zero-order chi connectivity index (χ0) is 18.1. The predicted octanol–water partition coefficient (Wildman–Crippen LogP) is 6.07. The van der Waals surface area contributed by atoms with Gasteiger partial charge < -0.3 is 0 Å². The normalized spacial score (nSPS) is 10.6. The number of benzene rings is 3. The van der Waals surface area contributed by atoms with Gasteiger partial charge in [0, 0.05) is 0 Å². The van der Waals surface area contributed by atoms with Gasteiger partial charge in [-0.15, -0.1) is 0 Å². The van der Waals surface area contributed by atoms with E-state index in [1.807, 2.05) is 0 Å². The van der Waals surface area contributed by atoms with Crippen molar-refractivity contribution >= 4 is 52.2 Å². The van der Waals surface area contributed by atoms with E-state index in [9.17, 15) is 0 Å². The molecule has 25 heavy (non-hydrogen) atoms. The van der Waals surface area contributed by atoms with Crippen molar-refractivity contribution in [1.82, 2.24) is 0 Å². The molecule has 0 aliphatic carbocycles. The van der Waals surface area contributed by atoms with Crippen LogP contribution in [0, 0.1) is 0 Å². The second-order valence-corrected chi connectivity index (χ2v) is 23.1. The fourth-order valence-electron chi connectivity index (χ4n) is 3.04. The summed E-state index contributed by atoms with van der Waals surface area (Å²) in [4.78, 5) is 0. The third kappa shape index (κ3) is 5.53. The molecule has 0 unspecified atom stereocenters. The first-order valence-corrected chi connectivity index (χ1v) is 21.9. The number of halogens is 3. The van der Waals surface area contributed by atoms with Crippen LogP contribution < -0.4 is 15.9 Å². The zero-order valence-electron chi connectivity index (χ0n) is 14.2. The van der Waals surface area contributed by atoms with Gasteiger partial charge in [0.15, 0.2) is 0 Å². The summed E-state index contributed by atoms with van der Waals surface area (Å²) < 4.78 is 0. The second kappa shape index (κ2) is 10.7. The van der Waals surface area contributed by atoms with E-state index in [2.05, 4.69) is 97.9 Å². The molecule has 0 fully saturated rings. The molecule has 0 saturated heterocycles. The van der Waals surface area contributed by atoms with Gasteiger partial charge in [-0.05, 0) is 43.3 Å². The van der Waals surface area contributed by atoms with Gasteiger partial charge in [0.05, 0.1) is 6.16 Å². The van der Waals surface area contributed by atoms with Crippen LogP contribution in [0.15, 0.2) is 91.0 Å². The van der Waals surface area contributed by atoms with Crippen molar-refractivity contribution in [2.45, 2.75) is 6.92 Å². The minimum atomic E-state index is -2.21. The Morgan fingerprint density at radius 1 is 0.600 bits per heavy atom. The first-order valence-electron chi connectivity index (χ1n) is 8.23. The van der Waals surface area contributed by atoms with Crippen molar-refractivity contribution < 1.29 is 13.0 Å². The fourth-order valence-corrected chi connectivity index (χ4v) is 7.08. The van der Waals surface area contributed by atoms with Crippen LogP contribution in [0.2, 0.25) is 0 Å². The molecule has 0 spiro atoms. The number of hydrogen-bond donors (Lipinski definition) is 0. The molecule has 128 valence electrons. The molecule has 0 amide bonds. The van der Waals surface area contributed by atoms with Crippen LogP contribution in [0.25, 0.3) is 0 Å². The van der Waals surface area contributed by atoms with E-state index in [1.54, 1.807) is 0 Å². The van der Waals surface area contributed by atoms with E-state index >= 15 is 0 Å². The van der Waals surface area contributed by atoms with Crippen LogP contribution in [0.1, 0.15) is 6.92 Å². The molecular formula is C20H20Cl3PZn. The van der Waals surface area contributed by atoms with Crippen LogP contribution >= 0.6 is 36.3 Å². The molecule has 5 heteroatoms. The number of hydrogen-bond acceptors (Lipinski definition) is 0. The summed E-state index contributed by atoms with van der Waals surface area (Å²) in [6, 6.07) is 33.0. The van der Waals surface area contributed by atoms with E-state index in [0.29, 0.717) is 0 Å². The Morgan fingerprint density at radius 3 is 1.04 bits per heavy atom. The van der Waals surface area contributed by atoms with E-state index in [1.165, 1.54) is 15.9 Å². The monoisotopic (exact) mass is 460 g/mol. The molecule has 0 aliphatic rings. The van der Waals surface area contributed by atoms with Gasteiger partial charge in [0.1, 0.15) is 23.2 Å². The molecule has 0 aliphatic heterocycles. The first-order chi connectivity index (χ1) is 12.1. The summed E-state index contributed by atoms with van der Waals surface area (Å²) in [5.41, 5.74) is 0. The van der Waals surface area contributed by atoms with Gasteiger partial charge in [-0.25, -0.2) is 0 Å². The van der Waals surface area contributed by atoms with E-state index in [-0.39, 0.29) is 0 Å². The molecule has 0 N–H and O–H groups in total. The molecule has 0 atom stereocenters. The quantitative estimate of drug-likeness (QED) is 0.326. The Kier molecular flexibility index (Phi) is 8.91. The van der Waals surface area contributed by atoms with E-state index in [0.717, 1.165) is 6.16 Å². The topological polar surface area (TPSA) is 0 Å². The van der Waals surface area contributed by atoms with Gasteiger partial charge in [-0.2, -0.15) is 0 Å². The molecule has 0 heterocycles. The minimum absolute atomic E-state index is 1.14. The standard InChI is InChI=1S/C20H20P.3ClH.Zn/c1-2-21(18-12-6-3-7-13-18,19-14-8-4-9-15-19)20-16-10-5-11-17-20;;;;/h3-17H,2H2,1H3;3*1H;/q+1;;;;+2/p-3. The van der Waals surface area contributed by atoms with Crippen molar-refractivity contribution in [3.63, 3.8) is 0 Å². The van der Waals surface area contributed by atoms with Crippen LogP contribution in [0.4, 0.5) is 0 Å². The Balaban J connectivity index is 0.000000511. The van der Waals surface area contributed by atoms with E-state index < -0.39 is 20.2 Å². The molecule has 0 bridgehead atoms. The van der Waals surface area contributed by atoms with Crippen molar-refractivity contribution in [3.8, 4) is 0 Å². The van der Waals surface area contributed by atoms with Gasteiger partial charge in [0.25, 0.3) is 0 Å². The average Bonchev–Trinajstić information content (AvgIpc) is 2.65. The SMILES string of the molecule is CC[P+](c1ccccc1)(c1ccccc1)c1ccccc1.[Cl][Zn-]([Cl])[Cl]. The predicted molar refractivity (Wildman–Crippen MR) is 113 cm³/mol. The van der Waals surface area contributed by atoms with Crippen molar-refractivity contribution in [1.29, 1.82) is 0 Å². The first kappa shape index (κ1) is 20.9. The van der Waals surface area contributed by atoms with Crippen LogP contribution in [-0.2, 0) is 13.0 Å². The Bertz CT molecular complexity index is 637. The zero-order valence-corrected chi connectivity index (χ0v) is 20.3. The summed E-state index contributed by atoms with van der Waals surface area (Å²) in [7, 11) is 13.5. The molecule has 3 aromatic rings. The summed E-state index contributed by atoms with van der Waals surface area (Å²) in [5.74, 6) is 0.